The normalized spacial score (nSPS) is 12.8. The van der Waals surface area contributed by atoms with Gasteiger partial charge in [-0.15, -0.1) is 0 Å². The van der Waals surface area contributed by atoms with Crippen LogP contribution in [0.25, 0.3) is 0 Å². The second-order valence-electron chi connectivity index (χ2n) is 6.82. The zero-order valence-electron chi connectivity index (χ0n) is 15.6. The van der Waals surface area contributed by atoms with Crippen molar-refractivity contribution in [3.63, 3.8) is 0 Å². The molecule has 2 aromatic carbocycles. The molecule has 0 unspecified atom stereocenters. The van der Waals surface area contributed by atoms with Crippen LogP contribution < -0.4 is 10.6 Å². The molecule has 0 aliphatic rings. The Morgan fingerprint density at radius 3 is 1.38 bits per heavy atom. The van der Waals surface area contributed by atoms with E-state index in [9.17, 15) is 9.59 Å². The zero-order valence-corrected chi connectivity index (χ0v) is 15.6. The Balaban J connectivity index is 1.65. The summed E-state index contributed by atoms with van der Waals surface area (Å²) in [4.78, 5) is 24.1. The SMILES string of the molecule is C[C@H](Cc1ccccc1)NC(=O)CCC(=O)N[C@@H](C)Cc1ccccc1. The lowest BCUT2D eigenvalue weighted by atomic mass is 10.1. The third-order valence-corrected chi connectivity index (χ3v) is 4.16. The smallest absolute Gasteiger partial charge is 0.220 e. The van der Waals surface area contributed by atoms with E-state index in [-0.39, 0.29) is 36.7 Å². The van der Waals surface area contributed by atoms with E-state index in [1.807, 2.05) is 74.5 Å². The Morgan fingerprint density at radius 2 is 1.04 bits per heavy atom. The molecule has 4 nitrogen and oxygen atoms in total. The van der Waals surface area contributed by atoms with E-state index >= 15 is 0 Å². The first-order valence-electron chi connectivity index (χ1n) is 9.19. The first-order chi connectivity index (χ1) is 12.5. The third kappa shape index (κ3) is 7.51. The number of hydrogen-bond acceptors (Lipinski definition) is 2. The molecular weight excluding hydrogens is 324 g/mol. The molecule has 0 aliphatic heterocycles. The van der Waals surface area contributed by atoms with Crippen LogP contribution >= 0.6 is 0 Å². The minimum absolute atomic E-state index is 0.0463. The summed E-state index contributed by atoms with van der Waals surface area (Å²) in [6, 6.07) is 20.2. The van der Waals surface area contributed by atoms with Gasteiger partial charge in [0.2, 0.25) is 11.8 Å². The Morgan fingerprint density at radius 1 is 0.692 bits per heavy atom. The fraction of sp³-hybridized carbons (Fsp3) is 0.364. The van der Waals surface area contributed by atoms with Gasteiger partial charge in [-0.1, -0.05) is 60.7 Å². The van der Waals surface area contributed by atoms with E-state index in [4.69, 9.17) is 0 Å². The van der Waals surface area contributed by atoms with Crippen molar-refractivity contribution in [2.24, 2.45) is 0 Å². The highest BCUT2D eigenvalue weighted by Crippen LogP contribution is 2.05. The summed E-state index contributed by atoms with van der Waals surface area (Å²) in [6.07, 6.45) is 1.99. The second-order valence-corrected chi connectivity index (χ2v) is 6.82. The molecule has 0 saturated heterocycles. The molecule has 0 aliphatic carbocycles. The highest BCUT2D eigenvalue weighted by atomic mass is 16.2. The molecule has 138 valence electrons. The van der Waals surface area contributed by atoms with Crippen molar-refractivity contribution in [1.29, 1.82) is 0 Å². The molecule has 2 N–H and O–H groups in total. The van der Waals surface area contributed by atoms with Crippen LogP contribution in [0.4, 0.5) is 0 Å². The summed E-state index contributed by atoms with van der Waals surface area (Å²) < 4.78 is 0. The molecule has 2 atom stereocenters. The van der Waals surface area contributed by atoms with Crippen molar-refractivity contribution in [2.45, 2.75) is 51.6 Å². The third-order valence-electron chi connectivity index (χ3n) is 4.16. The van der Waals surface area contributed by atoms with E-state index in [0.29, 0.717) is 0 Å². The molecule has 0 radical (unpaired) electrons. The van der Waals surface area contributed by atoms with Crippen LogP contribution in [0.2, 0.25) is 0 Å². The average Bonchev–Trinajstić information content (AvgIpc) is 2.61. The predicted octanol–water partition coefficient (Wildman–Crippen LogP) is 3.26. The van der Waals surface area contributed by atoms with Crippen molar-refractivity contribution >= 4 is 11.8 Å². The summed E-state index contributed by atoms with van der Waals surface area (Å²) in [5, 5.41) is 5.92. The summed E-state index contributed by atoms with van der Waals surface area (Å²) in [6.45, 7) is 3.96. The van der Waals surface area contributed by atoms with E-state index in [2.05, 4.69) is 10.6 Å². The van der Waals surface area contributed by atoms with Crippen LogP contribution in [-0.2, 0) is 22.4 Å². The van der Waals surface area contributed by atoms with Crippen molar-refractivity contribution in [3.05, 3.63) is 71.8 Å². The Hall–Kier alpha value is -2.62. The van der Waals surface area contributed by atoms with Crippen LogP contribution in [0.3, 0.4) is 0 Å². The molecular formula is C22H28N2O2. The molecule has 0 saturated carbocycles. The van der Waals surface area contributed by atoms with Crippen LogP contribution in [0.15, 0.2) is 60.7 Å². The van der Waals surface area contributed by atoms with Gasteiger partial charge in [-0.3, -0.25) is 9.59 Å². The molecule has 0 fully saturated rings. The van der Waals surface area contributed by atoms with Crippen LogP contribution in [-0.4, -0.2) is 23.9 Å². The number of rotatable bonds is 9. The zero-order chi connectivity index (χ0) is 18.8. The minimum Gasteiger partial charge on any atom is -0.353 e. The lowest BCUT2D eigenvalue weighted by molar-refractivity contribution is -0.127. The summed E-state index contributed by atoms with van der Waals surface area (Å²) >= 11 is 0. The number of nitrogens with one attached hydrogen (secondary N) is 2. The second kappa shape index (κ2) is 10.4. The standard InChI is InChI=1S/C22H28N2O2/c1-17(15-19-9-5-3-6-10-19)23-21(25)13-14-22(26)24-18(2)16-20-11-7-4-8-12-20/h3-12,17-18H,13-16H2,1-2H3,(H,23,25)(H,24,26)/t17-,18+. The van der Waals surface area contributed by atoms with Gasteiger partial charge in [0.1, 0.15) is 0 Å². The number of benzene rings is 2. The Kier molecular flexibility index (Phi) is 7.87. The molecule has 2 amide bonds. The summed E-state index contributed by atoms with van der Waals surface area (Å²) in [5.74, 6) is -0.168. The molecule has 0 bridgehead atoms. The van der Waals surface area contributed by atoms with Gasteiger partial charge in [-0.05, 0) is 37.8 Å². The van der Waals surface area contributed by atoms with Crippen molar-refractivity contribution < 1.29 is 9.59 Å². The highest BCUT2D eigenvalue weighted by molar-refractivity contribution is 5.83. The van der Waals surface area contributed by atoms with Crippen LogP contribution in [0.1, 0.15) is 37.8 Å². The first kappa shape index (κ1) is 19.7. The topological polar surface area (TPSA) is 58.2 Å². The minimum atomic E-state index is -0.0840. The van der Waals surface area contributed by atoms with E-state index in [1.54, 1.807) is 0 Å². The molecule has 0 heterocycles. The monoisotopic (exact) mass is 352 g/mol. The molecule has 0 spiro atoms. The Bertz CT molecular complexity index is 624. The molecule has 2 aromatic rings. The van der Waals surface area contributed by atoms with E-state index in [1.165, 1.54) is 11.1 Å². The lowest BCUT2D eigenvalue weighted by Crippen LogP contribution is -2.37. The van der Waals surface area contributed by atoms with Gasteiger partial charge in [0, 0.05) is 24.9 Å². The first-order valence-corrected chi connectivity index (χ1v) is 9.19. The summed E-state index contributed by atoms with van der Waals surface area (Å²) in [7, 11) is 0. The number of carbonyl (C=O) groups is 2. The number of hydrogen-bond donors (Lipinski definition) is 2. The largest absolute Gasteiger partial charge is 0.353 e. The number of amides is 2. The van der Waals surface area contributed by atoms with Crippen molar-refractivity contribution in [1.82, 2.24) is 10.6 Å². The van der Waals surface area contributed by atoms with E-state index in [0.717, 1.165) is 12.8 Å². The molecule has 0 aromatic heterocycles. The van der Waals surface area contributed by atoms with E-state index < -0.39 is 0 Å². The average molecular weight is 352 g/mol. The lowest BCUT2D eigenvalue weighted by Gasteiger charge is -2.15. The highest BCUT2D eigenvalue weighted by Gasteiger charge is 2.12. The van der Waals surface area contributed by atoms with Crippen LogP contribution in [0, 0.1) is 0 Å². The van der Waals surface area contributed by atoms with Gasteiger partial charge in [0.15, 0.2) is 0 Å². The van der Waals surface area contributed by atoms with Gasteiger partial charge >= 0.3 is 0 Å². The summed E-state index contributed by atoms with van der Waals surface area (Å²) in [5.41, 5.74) is 2.38. The molecule has 4 heteroatoms. The van der Waals surface area contributed by atoms with Crippen molar-refractivity contribution in [3.8, 4) is 0 Å². The molecule has 26 heavy (non-hydrogen) atoms. The van der Waals surface area contributed by atoms with Gasteiger partial charge in [-0.25, -0.2) is 0 Å². The maximum absolute atomic E-state index is 12.0. The van der Waals surface area contributed by atoms with Gasteiger partial charge < -0.3 is 10.6 Å². The fourth-order valence-corrected chi connectivity index (χ4v) is 2.96. The van der Waals surface area contributed by atoms with Crippen LogP contribution in [0.5, 0.6) is 0 Å². The predicted molar refractivity (Wildman–Crippen MR) is 105 cm³/mol. The van der Waals surface area contributed by atoms with Gasteiger partial charge in [0.05, 0.1) is 0 Å². The fourth-order valence-electron chi connectivity index (χ4n) is 2.96. The molecule has 2 rings (SSSR count). The number of carbonyl (C=O) groups excluding carboxylic acids is 2. The maximum atomic E-state index is 12.0. The van der Waals surface area contributed by atoms with Crippen molar-refractivity contribution in [2.75, 3.05) is 0 Å². The van der Waals surface area contributed by atoms with Gasteiger partial charge in [-0.2, -0.15) is 0 Å². The Labute approximate surface area is 156 Å². The van der Waals surface area contributed by atoms with Gasteiger partial charge in [0.25, 0.3) is 0 Å². The maximum Gasteiger partial charge on any atom is 0.220 e. The quantitative estimate of drug-likeness (QED) is 0.728.